The fourth-order valence-electron chi connectivity index (χ4n) is 1.99. The molecule has 1 aliphatic rings. The van der Waals surface area contributed by atoms with E-state index in [-0.39, 0.29) is 5.91 Å². The molecule has 0 bridgehead atoms. The molecule has 0 saturated heterocycles. The van der Waals surface area contributed by atoms with E-state index in [4.69, 9.17) is 5.11 Å². The summed E-state index contributed by atoms with van der Waals surface area (Å²) in [5.41, 5.74) is -1.11. The second-order valence-corrected chi connectivity index (χ2v) is 4.56. The Morgan fingerprint density at radius 3 is 2.38 bits per heavy atom. The van der Waals surface area contributed by atoms with Crippen molar-refractivity contribution in [3.8, 4) is 0 Å². The van der Waals surface area contributed by atoms with E-state index < -0.39 is 11.4 Å². The average Bonchev–Trinajstić information content (AvgIpc) is 2.15. The first-order valence-electron chi connectivity index (χ1n) is 6.15. The summed E-state index contributed by atoms with van der Waals surface area (Å²) in [6.45, 7) is 2.74. The van der Waals surface area contributed by atoms with Crippen molar-refractivity contribution in [3.63, 3.8) is 0 Å². The third kappa shape index (κ3) is 2.74. The molecule has 0 atom stereocenters. The smallest absolute Gasteiger partial charge is 0.319 e. The van der Waals surface area contributed by atoms with E-state index in [2.05, 4.69) is 12.2 Å². The van der Waals surface area contributed by atoms with E-state index in [1.807, 2.05) is 0 Å². The van der Waals surface area contributed by atoms with Crippen LogP contribution in [0.25, 0.3) is 0 Å². The first-order valence-corrected chi connectivity index (χ1v) is 6.15. The highest BCUT2D eigenvalue weighted by atomic mass is 16.4. The van der Waals surface area contributed by atoms with E-state index >= 15 is 0 Å². The van der Waals surface area contributed by atoms with Gasteiger partial charge in [0.1, 0.15) is 5.41 Å². The zero-order chi connectivity index (χ0) is 12.0. The molecule has 0 aromatic rings. The number of carboxylic acids is 1. The quantitative estimate of drug-likeness (QED) is 0.516. The molecule has 0 spiro atoms. The predicted octanol–water partition coefficient (Wildman–Crippen LogP) is 1.94. The highest BCUT2D eigenvalue weighted by Gasteiger charge is 2.50. The van der Waals surface area contributed by atoms with Crippen LogP contribution in [0.1, 0.15) is 51.9 Å². The summed E-state index contributed by atoms with van der Waals surface area (Å²) in [6.07, 6.45) is 6.18. The van der Waals surface area contributed by atoms with Crippen molar-refractivity contribution < 1.29 is 14.7 Å². The molecule has 0 aliphatic heterocycles. The maximum Gasteiger partial charge on any atom is 0.319 e. The summed E-state index contributed by atoms with van der Waals surface area (Å²) in [5.74, 6) is -1.26. The number of hydrogen-bond donors (Lipinski definition) is 2. The number of rotatable bonds is 7. The van der Waals surface area contributed by atoms with Crippen LogP contribution in [-0.4, -0.2) is 23.5 Å². The normalized spacial score (nSPS) is 17.6. The SMILES string of the molecule is CCCCCCNC(=O)C1(C(=O)O)CCC1. The fourth-order valence-corrected chi connectivity index (χ4v) is 1.99. The average molecular weight is 227 g/mol. The van der Waals surface area contributed by atoms with Crippen LogP contribution < -0.4 is 5.32 Å². The molecule has 1 saturated carbocycles. The van der Waals surface area contributed by atoms with Gasteiger partial charge in [-0.05, 0) is 19.3 Å². The maximum atomic E-state index is 11.7. The molecular weight excluding hydrogens is 206 g/mol. The van der Waals surface area contributed by atoms with Crippen LogP contribution >= 0.6 is 0 Å². The van der Waals surface area contributed by atoms with E-state index in [0.717, 1.165) is 25.7 Å². The highest BCUT2D eigenvalue weighted by Crippen LogP contribution is 2.41. The Balaban J connectivity index is 2.26. The molecule has 4 heteroatoms. The van der Waals surface area contributed by atoms with Gasteiger partial charge in [0.05, 0.1) is 0 Å². The molecule has 2 N–H and O–H groups in total. The Morgan fingerprint density at radius 2 is 1.94 bits per heavy atom. The number of carboxylic acid groups (broad SMARTS) is 1. The molecule has 1 aliphatic carbocycles. The number of amides is 1. The molecule has 92 valence electrons. The summed E-state index contributed by atoms with van der Waals surface area (Å²) in [7, 11) is 0. The predicted molar refractivity (Wildman–Crippen MR) is 61.1 cm³/mol. The molecule has 0 heterocycles. The first-order chi connectivity index (χ1) is 7.63. The van der Waals surface area contributed by atoms with Gasteiger partial charge in [-0.25, -0.2) is 0 Å². The molecule has 1 amide bonds. The molecule has 4 nitrogen and oxygen atoms in total. The van der Waals surface area contributed by atoms with Crippen molar-refractivity contribution in [2.24, 2.45) is 5.41 Å². The lowest BCUT2D eigenvalue weighted by Crippen LogP contribution is -2.51. The van der Waals surface area contributed by atoms with Crippen LogP contribution in [0.4, 0.5) is 0 Å². The first kappa shape index (κ1) is 13.0. The second kappa shape index (κ2) is 5.87. The zero-order valence-electron chi connectivity index (χ0n) is 9.92. The van der Waals surface area contributed by atoms with Crippen molar-refractivity contribution in [1.29, 1.82) is 0 Å². The van der Waals surface area contributed by atoms with Gasteiger partial charge in [0, 0.05) is 6.54 Å². The largest absolute Gasteiger partial charge is 0.480 e. The van der Waals surface area contributed by atoms with Gasteiger partial charge in [-0.2, -0.15) is 0 Å². The Bertz CT molecular complexity index is 259. The van der Waals surface area contributed by atoms with Crippen LogP contribution in [0.5, 0.6) is 0 Å². The topological polar surface area (TPSA) is 66.4 Å². The molecule has 0 radical (unpaired) electrons. The lowest BCUT2D eigenvalue weighted by Gasteiger charge is -2.35. The van der Waals surface area contributed by atoms with Crippen LogP contribution in [0.15, 0.2) is 0 Å². The minimum atomic E-state index is -1.11. The highest BCUT2D eigenvalue weighted by molar-refractivity contribution is 6.02. The zero-order valence-corrected chi connectivity index (χ0v) is 9.92. The van der Waals surface area contributed by atoms with Crippen molar-refractivity contribution in [3.05, 3.63) is 0 Å². The fraction of sp³-hybridized carbons (Fsp3) is 0.833. The Morgan fingerprint density at radius 1 is 1.25 bits per heavy atom. The number of carbonyl (C=O) groups excluding carboxylic acids is 1. The Labute approximate surface area is 96.4 Å². The van der Waals surface area contributed by atoms with Gasteiger partial charge in [0.15, 0.2) is 0 Å². The molecular formula is C12H21NO3. The molecule has 0 unspecified atom stereocenters. The minimum Gasteiger partial charge on any atom is -0.480 e. The van der Waals surface area contributed by atoms with Crippen molar-refractivity contribution in [2.75, 3.05) is 6.54 Å². The van der Waals surface area contributed by atoms with Crippen molar-refractivity contribution in [2.45, 2.75) is 51.9 Å². The van der Waals surface area contributed by atoms with Crippen LogP contribution in [0.3, 0.4) is 0 Å². The standard InChI is InChI=1S/C12H21NO3/c1-2-3-4-5-9-13-10(14)12(11(15)16)7-6-8-12/h2-9H2,1H3,(H,13,14)(H,15,16). The molecule has 0 aromatic heterocycles. The number of carbonyl (C=O) groups is 2. The second-order valence-electron chi connectivity index (χ2n) is 4.56. The van der Waals surface area contributed by atoms with E-state index in [1.165, 1.54) is 6.42 Å². The van der Waals surface area contributed by atoms with Crippen LogP contribution in [0.2, 0.25) is 0 Å². The molecule has 0 aromatic carbocycles. The summed E-state index contributed by atoms with van der Waals surface area (Å²) in [4.78, 5) is 22.7. The molecule has 16 heavy (non-hydrogen) atoms. The van der Waals surface area contributed by atoms with Gasteiger partial charge in [-0.1, -0.05) is 32.6 Å². The monoisotopic (exact) mass is 227 g/mol. The van der Waals surface area contributed by atoms with Gasteiger partial charge >= 0.3 is 5.97 Å². The summed E-state index contributed by atoms with van der Waals surface area (Å²) >= 11 is 0. The number of unbranched alkanes of at least 4 members (excludes halogenated alkanes) is 3. The van der Waals surface area contributed by atoms with Gasteiger partial charge in [0.2, 0.25) is 5.91 Å². The summed E-state index contributed by atoms with van der Waals surface area (Å²) in [6, 6.07) is 0. The Hall–Kier alpha value is -1.06. The van der Waals surface area contributed by atoms with Gasteiger partial charge in [-0.3, -0.25) is 9.59 Å². The van der Waals surface area contributed by atoms with E-state index in [9.17, 15) is 9.59 Å². The number of aliphatic carboxylic acids is 1. The van der Waals surface area contributed by atoms with Crippen LogP contribution in [-0.2, 0) is 9.59 Å². The van der Waals surface area contributed by atoms with Gasteiger partial charge in [-0.15, -0.1) is 0 Å². The van der Waals surface area contributed by atoms with Crippen LogP contribution in [0, 0.1) is 5.41 Å². The molecule has 1 fully saturated rings. The number of nitrogens with one attached hydrogen (secondary N) is 1. The Kier molecular flexibility index (Phi) is 4.77. The van der Waals surface area contributed by atoms with Gasteiger partial charge < -0.3 is 10.4 Å². The lowest BCUT2D eigenvalue weighted by atomic mass is 9.68. The lowest BCUT2D eigenvalue weighted by molar-refractivity contribution is -0.162. The van der Waals surface area contributed by atoms with E-state index in [0.29, 0.717) is 19.4 Å². The van der Waals surface area contributed by atoms with Gasteiger partial charge in [0.25, 0.3) is 0 Å². The summed E-state index contributed by atoms with van der Waals surface area (Å²) in [5, 5.41) is 11.8. The van der Waals surface area contributed by atoms with E-state index in [1.54, 1.807) is 0 Å². The van der Waals surface area contributed by atoms with Crippen molar-refractivity contribution >= 4 is 11.9 Å². The minimum absolute atomic E-state index is 0.289. The van der Waals surface area contributed by atoms with Crippen molar-refractivity contribution in [1.82, 2.24) is 5.32 Å². The third-order valence-electron chi connectivity index (χ3n) is 3.37. The summed E-state index contributed by atoms with van der Waals surface area (Å²) < 4.78 is 0. The number of hydrogen-bond acceptors (Lipinski definition) is 2. The maximum absolute atomic E-state index is 11.7. The molecule has 1 rings (SSSR count). The third-order valence-corrected chi connectivity index (χ3v) is 3.37.